The molecule has 2 aliphatic carbocycles. The molecule has 120 valence electrons. The summed E-state index contributed by atoms with van der Waals surface area (Å²) in [5.74, 6) is 0.909. The summed E-state index contributed by atoms with van der Waals surface area (Å²) in [6.45, 7) is 4.16. The Kier molecular flexibility index (Phi) is 5.49. The van der Waals surface area contributed by atoms with Crippen LogP contribution in [0.1, 0.15) is 50.0 Å². The quantitative estimate of drug-likeness (QED) is 0.800. The van der Waals surface area contributed by atoms with E-state index in [-0.39, 0.29) is 0 Å². The van der Waals surface area contributed by atoms with Crippen LogP contribution >= 0.6 is 0 Å². The normalized spacial score (nSPS) is 23.0. The zero-order chi connectivity index (χ0) is 15.2. The Bertz CT molecular complexity index is 454. The molecule has 0 spiro atoms. The Labute approximate surface area is 134 Å². The van der Waals surface area contributed by atoms with E-state index in [4.69, 9.17) is 0 Å². The third-order valence-corrected chi connectivity index (χ3v) is 5.15. The van der Waals surface area contributed by atoms with E-state index in [1.54, 1.807) is 0 Å². The van der Waals surface area contributed by atoms with E-state index in [0.29, 0.717) is 0 Å². The molecule has 22 heavy (non-hydrogen) atoms. The summed E-state index contributed by atoms with van der Waals surface area (Å²) < 4.78 is 0. The highest BCUT2D eigenvalue weighted by molar-refractivity contribution is 5.46. The van der Waals surface area contributed by atoms with Crippen molar-refractivity contribution in [2.45, 2.75) is 50.5 Å². The maximum atomic E-state index is 10.6. The molecule has 1 aliphatic heterocycles. The van der Waals surface area contributed by atoms with Crippen molar-refractivity contribution in [2.24, 2.45) is 0 Å². The molecule has 3 nitrogen and oxygen atoms in total. The third-order valence-electron chi connectivity index (χ3n) is 5.15. The molecule has 1 heterocycles. The minimum Gasteiger partial charge on any atom is -0.344 e. The van der Waals surface area contributed by atoms with Crippen molar-refractivity contribution in [1.82, 2.24) is 9.80 Å². The van der Waals surface area contributed by atoms with Crippen LogP contribution in [-0.2, 0) is 4.79 Å². The Morgan fingerprint density at radius 1 is 0.864 bits per heavy atom. The molecule has 3 aliphatic rings. The number of carbonyl (C=O) groups excluding carboxylic acids is 1. The first-order valence-corrected chi connectivity index (χ1v) is 8.85. The highest BCUT2D eigenvalue weighted by Gasteiger charge is 2.26. The zero-order valence-corrected chi connectivity index (χ0v) is 13.5. The fraction of sp³-hybridized carbons (Fsp3) is 0.632. The van der Waals surface area contributed by atoms with Crippen LogP contribution in [0, 0.1) is 0 Å². The van der Waals surface area contributed by atoms with Gasteiger partial charge in [0.25, 0.3) is 0 Å². The molecule has 1 saturated heterocycles. The number of nitrogens with zero attached hydrogens (tertiary/aromatic N) is 2. The summed E-state index contributed by atoms with van der Waals surface area (Å²) >= 11 is 0. The van der Waals surface area contributed by atoms with Crippen LogP contribution in [0.4, 0.5) is 0 Å². The summed E-state index contributed by atoms with van der Waals surface area (Å²) in [5, 5.41) is 0. The summed E-state index contributed by atoms with van der Waals surface area (Å²) in [6, 6.07) is 11.6. The van der Waals surface area contributed by atoms with Gasteiger partial charge in [0.05, 0.1) is 0 Å². The van der Waals surface area contributed by atoms with Gasteiger partial charge in [-0.1, -0.05) is 36.8 Å². The molecule has 0 bridgehead atoms. The second-order valence-electron chi connectivity index (χ2n) is 6.80. The van der Waals surface area contributed by atoms with Gasteiger partial charge in [-0.05, 0) is 43.6 Å². The lowest BCUT2D eigenvalue weighted by Gasteiger charge is -2.36. The van der Waals surface area contributed by atoms with Gasteiger partial charge in [-0.3, -0.25) is 9.69 Å². The average molecular weight is 300 g/mol. The lowest BCUT2D eigenvalue weighted by Crippen LogP contribution is -2.42. The van der Waals surface area contributed by atoms with Crippen molar-refractivity contribution >= 4 is 6.41 Å². The molecule has 3 fully saturated rings. The van der Waals surface area contributed by atoms with E-state index in [9.17, 15) is 4.79 Å². The van der Waals surface area contributed by atoms with Gasteiger partial charge < -0.3 is 4.90 Å². The van der Waals surface area contributed by atoms with Crippen molar-refractivity contribution in [1.29, 1.82) is 0 Å². The summed E-state index contributed by atoms with van der Waals surface area (Å²) in [7, 11) is 0. The minimum absolute atomic E-state index is 0.839. The molecule has 0 radical (unpaired) electrons. The van der Waals surface area contributed by atoms with Crippen LogP contribution in [0.25, 0.3) is 0 Å². The van der Waals surface area contributed by atoms with Crippen LogP contribution in [0.5, 0.6) is 0 Å². The average Bonchev–Trinajstić information content (AvgIpc) is 3.35. The largest absolute Gasteiger partial charge is 0.344 e. The Morgan fingerprint density at radius 2 is 1.64 bits per heavy atom. The molecule has 1 aromatic carbocycles. The zero-order valence-electron chi connectivity index (χ0n) is 13.5. The van der Waals surface area contributed by atoms with Gasteiger partial charge in [-0.25, -0.2) is 0 Å². The maximum absolute atomic E-state index is 10.6. The van der Waals surface area contributed by atoms with Crippen molar-refractivity contribution < 1.29 is 4.79 Å². The summed E-state index contributed by atoms with van der Waals surface area (Å²) in [6.07, 6.45) is 9.11. The Morgan fingerprint density at radius 3 is 2.23 bits per heavy atom. The first kappa shape index (κ1) is 15.5. The van der Waals surface area contributed by atoms with E-state index in [1.165, 1.54) is 44.2 Å². The third kappa shape index (κ3) is 4.33. The molecule has 0 N–H and O–H groups in total. The molecule has 1 aromatic rings. The van der Waals surface area contributed by atoms with Crippen molar-refractivity contribution in [3.8, 4) is 0 Å². The van der Waals surface area contributed by atoms with Gasteiger partial charge >= 0.3 is 0 Å². The van der Waals surface area contributed by atoms with E-state index < -0.39 is 0 Å². The molecule has 1 amide bonds. The van der Waals surface area contributed by atoms with E-state index in [1.807, 2.05) is 4.90 Å². The van der Waals surface area contributed by atoms with Gasteiger partial charge in [0, 0.05) is 32.2 Å². The van der Waals surface area contributed by atoms with E-state index in [2.05, 4.69) is 35.2 Å². The SMILES string of the molecule is O=CN1CCCN(C2CCC2)CC1.c1ccc(C2CC2)cc1. The summed E-state index contributed by atoms with van der Waals surface area (Å²) in [5.41, 5.74) is 1.53. The number of amides is 1. The van der Waals surface area contributed by atoms with Gasteiger partial charge in [-0.15, -0.1) is 0 Å². The second kappa shape index (κ2) is 7.77. The first-order chi connectivity index (χ1) is 10.9. The van der Waals surface area contributed by atoms with Crippen molar-refractivity contribution in [3.63, 3.8) is 0 Å². The predicted molar refractivity (Wildman–Crippen MR) is 89.9 cm³/mol. The van der Waals surface area contributed by atoms with Crippen molar-refractivity contribution in [2.75, 3.05) is 26.2 Å². The number of carbonyl (C=O) groups is 1. The van der Waals surface area contributed by atoms with Gasteiger partial charge in [-0.2, -0.15) is 0 Å². The van der Waals surface area contributed by atoms with E-state index >= 15 is 0 Å². The first-order valence-electron chi connectivity index (χ1n) is 8.85. The highest BCUT2D eigenvalue weighted by atomic mass is 16.1. The van der Waals surface area contributed by atoms with Gasteiger partial charge in [0.15, 0.2) is 0 Å². The molecule has 2 saturated carbocycles. The number of hydrogen-bond acceptors (Lipinski definition) is 2. The van der Waals surface area contributed by atoms with Crippen LogP contribution in [0.3, 0.4) is 0 Å². The van der Waals surface area contributed by atoms with Crippen LogP contribution in [0.15, 0.2) is 30.3 Å². The minimum atomic E-state index is 0.839. The highest BCUT2D eigenvalue weighted by Crippen LogP contribution is 2.39. The smallest absolute Gasteiger partial charge is 0.209 e. The molecule has 4 rings (SSSR count). The lowest BCUT2D eigenvalue weighted by molar-refractivity contribution is -0.118. The topological polar surface area (TPSA) is 23.6 Å². The van der Waals surface area contributed by atoms with Crippen LogP contribution in [-0.4, -0.2) is 48.4 Å². The lowest BCUT2D eigenvalue weighted by atomic mass is 9.91. The van der Waals surface area contributed by atoms with E-state index in [0.717, 1.165) is 44.4 Å². The van der Waals surface area contributed by atoms with Crippen LogP contribution < -0.4 is 0 Å². The molecular weight excluding hydrogens is 272 g/mol. The molecule has 3 heteroatoms. The molecular formula is C19H28N2O. The second-order valence-corrected chi connectivity index (χ2v) is 6.80. The molecule has 0 unspecified atom stereocenters. The Hall–Kier alpha value is -1.35. The maximum Gasteiger partial charge on any atom is 0.209 e. The number of rotatable bonds is 3. The van der Waals surface area contributed by atoms with Crippen LogP contribution in [0.2, 0.25) is 0 Å². The van der Waals surface area contributed by atoms with Gasteiger partial charge in [0.2, 0.25) is 6.41 Å². The fourth-order valence-electron chi connectivity index (χ4n) is 3.32. The molecule has 0 atom stereocenters. The predicted octanol–water partition coefficient (Wildman–Crippen LogP) is 3.27. The monoisotopic (exact) mass is 300 g/mol. The fourth-order valence-corrected chi connectivity index (χ4v) is 3.32. The number of hydrogen-bond donors (Lipinski definition) is 0. The summed E-state index contributed by atoms with van der Waals surface area (Å²) in [4.78, 5) is 15.0. The van der Waals surface area contributed by atoms with Crippen molar-refractivity contribution in [3.05, 3.63) is 35.9 Å². The number of benzene rings is 1. The molecule has 0 aromatic heterocycles. The standard InChI is InChI=1S/C10H18N2O.C9H10/c13-9-11-5-2-6-12(8-7-11)10-3-1-4-10;1-2-4-8(5-3-1)9-6-7-9/h9-10H,1-8H2;1-5,9H,6-7H2. The Balaban J connectivity index is 0.000000139. The van der Waals surface area contributed by atoms with Gasteiger partial charge in [0.1, 0.15) is 0 Å².